The second kappa shape index (κ2) is 84.7. The Kier molecular flexibility index (Phi) is 223. The molecule has 0 saturated heterocycles. The molecule has 90 valence electrons. The smallest absolute Gasteiger partial charge is 0 e. The summed E-state index contributed by atoms with van der Waals surface area (Å²) in [5, 5.41) is 0. The van der Waals surface area contributed by atoms with Crippen LogP contribution < -0.4 is 0 Å². The Morgan fingerprint density at radius 1 is 0.647 bits per heavy atom. The van der Waals surface area contributed by atoms with Crippen LogP contribution in [0.5, 0.6) is 0 Å². The minimum absolute atomic E-state index is 0. The fourth-order valence-electron chi connectivity index (χ4n) is 0. The molecule has 0 bridgehead atoms. The van der Waals surface area contributed by atoms with E-state index in [4.69, 9.17) is 29.8 Å². The van der Waals surface area contributed by atoms with Gasteiger partial charge in [0.2, 0.25) is 5.54 Å². The number of rotatable bonds is 0. The van der Waals surface area contributed by atoms with Crippen LogP contribution >= 0.6 is 0 Å². The Hall–Kier alpha value is -1.28. The first kappa shape index (κ1) is 44.8. The Morgan fingerprint density at radius 2 is 0.706 bits per heavy atom. The van der Waals surface area contributed by atoms with Crippen LogP contribution in [0.4, 0.5) is 0 Å². The Labute approximate surface area is 112 Å². The van der Waals surface area contributed by atoms with Crippen LogP contribution in [0.15, 0.2) is 0 Å². The van der Waals surface area contributed by atoms with Crippen molar-refractivity contribution in [1.29, 1.82) is 0 Å². The molecule has 0 fully saturated rings. The molecule has 0 aliphatic carbocycles. The molecule has 17 heavy (non-hydrogen) atoms. The van der Waals surface area contributed by atoms with Gasteiger partial charge in [0.1, 0.15) is 0 Å². The summed E-state index contributed by atoms with van der Waals surface area (Å²) in [5.41, 5.74) is -0.167. The predicted octanol–water partition coefficient (Wildman–Crippen LogP) is 1.51. The quantitative estimate of drug-likeness (QED) is 0.472. The second-order valence-electron chi connectivity index (χ2n) is 2.28. The average molecular weight is 275 g/mol. The molecule has 0 rings (SSSR count). The molecule has 0 aliphatic rings. The van der Waals surface area contributed by atoms with E-state index in [0.29, 0.717) is 0 Å². The van der Waals surface area contributed by atoms with Gasteiger partial charge in [-0.25, -0.2) is 6.57 Å². The third-order valence-corrected chi connectivity index (χ3v) is 0.335. The largest absolute Gasteiger partial charge is 0 e. The van der Waals surface area contributed by atoms with Crippen molar-refractivity contribution in [1.82, 2.24) is 0 Å². The van der Waals surface area contributed by atoms with Crippen molar-refractivity contribution in [2.24, 2.45) is 0 Å². The topological polar surface area (TPSA) is 104 Å². The van der Waals surface area contributed by atoms with Gasteiger partial charge in [-0.05, 0) is 0 Å². The molecule has 0 atom stereocenters. The van der Waals surface area contributed by atoms with Gasteiger partial charge in [-0.15, -0.1) is 0 Å². The first-order chi connectivity index (χ1) is 7.56. The predicted molar refractivity (Wildman–Crippen MR) is 46.0 cm³/mol. The van der Waals surface area contributed by atoms with Gasteiger partial charge in [0.25, 0.3) is 0 Å². The summed E-state index contributed by atoms with van der Waals surface area (Å²) in [6, 6.07) is 0. The van der Waals surface area contributed by atoms with Crippen LogP contribution in [-0.4, -0.2) is 5.54 Å². The molecule has 6 nitrogen and oxygen atoms in total. The zero-order valence-electron chi connectivity index (χ0n) is 9.40. The second-order valence-corrected chi connectivity index (χ2v) is 2.28. The number of hydrogen-bond donors (Lipinski definition) is 0. The van der Waals surface area contributed by atoms with Crippen molar-refractivity contribution in [3.63, 3.8) is 0 Å². The fourth-order valence-corrected chi connectivity index (χ4v) is 0. The Bertz CT molecular complexity index is 204. The molecular weight excluding hydrogens is 266 g/mol. The van der Waals surface area contributed by atoms with Crippen molar-refractivity contribution in [2.75, 3.05) is 0 Å². The molecular formula is C10H9CrNO5. The molecule has 0 aromatic heterocycles. The van der Waals surface area contributed by atoms with E-state index in [1.807, 2.05) is 20.8 Å². The molecule has 0 unspecified atom stereocenters. The molecule has 0 heterocycles. The van der Waals surface area contributed by atoms with Crippen molar-refractivity contribution in [3.05, 3.63) is 44.7 Å². The fraction of sp³-hybridized carbons (Fsp3) is 0.400. The molecule has 0 aromatic rings. The molecule has 0 spiro atoms. The zero-order valence-corrected chi connectivity index (χ0v) is 10.7. The third-order valence-electron chi connectivity index (χ3n) is 0.335. The van der Waals surface area contributed by atoms with Gasteiger partial charge in [-0.2, -0.15) is 0 Å². The molecule has 0 radical (unpaired) electrons. The van der Waals surface area contributed by atoms with Gasteiger partial charge < -0.3 is 4.85 Å². The van der Waals surface area contributed by atoms with Crippen molar-refractivity contribution in [3.8, 4) is 0 Å². The normalized spacial score (nSPS) is 4.24. The van der Waals surface area contributed by atoms with E-state index in [2.05, 4.69) is 38.1 Å². The van der Waals surface area contributed by atoms with E-state index < -0.39 is 0 Å². The number of hydrogen-bond acceptors (Lipinski definition) is 0. The van der Waals surface area contributed by atoms with Gasteiger partial charge >= 0.3 is 56.5 Å². The Balaban J connectivity index is -0.0000000158. The molecule has 0 aliphatic heterocycles. The minimum atomic E-state index is -0.167. The zero-order chi connectivity index (χ0) is 15.2. The summed E-state index contributed by atoms with van der Waals surface area (Å²) in [4.78, 5) is 3.27. The summed E-state index contributed by atoms with van der Waals surface area (Å²) in [7, 11) is 0. The molecule has 0 saturated carbocycles. The standard InChI is InChI=1S/C5H9N.5CO.Cr/c1-5(2,3)6-4;5*1-2;/h1-3H3;;;;;;. The maximum absolute atomic E-state index is 7.50. The van der Waals surface area contributed by atoms with Gasteiger partial charge in [-0.3, -0.25) is 0 Å². The van der Waals surface area contributed by atoms with Crippen LogP contribution in [0.1, 0.15) is 20.8 Å². The van der Waals surface area contributed by atoms with E-state index in [9.17, 15) is 0 Å². The van der Waals surface area contributed by atoms with Crippen LogP contribution in [-0.2, 0) is 40.6 Å². The SMILES string of the molecule is [C-]#[N+]C(C)(C)C.[C-]#[O+].[C-]#[O+].[C-]#[O+].[C-]#[O+].[C-]#[O+].[Cr]. The van der Waals surface area contributed by atoms with E-state index in [1.165, 1.54) is 0 Å². The van der Waals surface area contributed by atoms with Gasteiger partial charge in [0, 0.05) is 38.1 Å². The van der Waals surface area contributed by atoms with Gasteiger partial charge in [0.05, 0.1) is 0 Å². The van der Waals surface area contributed by atoms with Crippen LogP contribution in [0.3, 0.4) is 0 Å². The average Bonchev–Trinajstić information content (AvgIpc) is 2.40. The first-order valence-electron chi connectivity index (χ1n) is 2.97. The summed E-state index contributed by atoms with van der Waals surface area (Å²) < 4.78 is 37.5. The van der Waals surface area contributed by atoms with Gasteiger partial charge in [-0.1, -0.05) is 0 Å². The molecule has 0 aromatic carbocycles. The Morgan fingerprint density at radius 3 is 0.706 bits per heavy atom. The maximum atomic E-state index is 7.50. The summed E-state index contributed by atoms with van der Waals surface area (Å²) in [6.45, 7) is 34.6. The first-order valence-corrected chi connectivity index (χ1v) is 2.97. The third kappa shape index (κ3) is 803. The van der Waals surface area contributed by atoms with E-state index in [0.717, 1.165) is 0 Å². The van der Waals surface area contributed by atoms with Crippen molar-refractivity contribution >= 4 is 0 Å². The summed E-state index contributed by atoms with van der Waals surface area (Å²) in [6.07, 6.45) is 0. The number of nitrogens with zero attached hydrogens (tertiary/aromatic N) is 1. The summed E-state index contributed by atoms with van der Waals surface area (Å²) in [5.74, 6) is 0. The monoisotopic (exact) mass is 275 g/mol. The van der Waals surface area contributed by atoms with Crippen molar-refractivity contribution < 1.29 is 40.6 Å². The van der Waals surface area contributed by atoms with Crippen LogP contribution in [0.25, 0.3) is 4.85 Å². The van der Waals surface area contributed by atoms with Crippen molar-refractivity contribution in [2.45, 2.75) is 26.3 Å². The summed E-state index contributed by atoms with van der Waals surface area (Å²) >= 11 is 0. The maximum Gasteiger partial charge on any atom is 0 e. The minimum Gasteiger partial charge on any atom is 0 e. The van der Waals surface area contributed by atoms with Gasteiger partial charge in [0.15, 0.2) is 0 Å². The molecule has 0 amide bonds. The molecule has 0 N–H and O–H groups in total. The molecule has 7 heteroatoms. The van der Waals surface area contributed by atoms with Crippen LogP contribution in [0, 0.1) is 39.8 Å². The van der Waals surface area contributed by atoms with E-state index in [1.54, 1.807) is 0 Å². The van der Waals surface area contributed by atoms with E-state index in [-0.39, 0.29) is 22.9 Å². The van der Waals surface area contributed by atoms with E-state index >= 15 is 0 Å². The van der Waals surface area contributed by atoms with Crippen LogP contribution in [0.2, 0.25) is 0 Å².